The normalized spacial score (nSPS) is 20.5. The molecule has 28 heavy (non-hydrogen) atoms. The first kappa shape index (κ1) is 18.9. The first-order valence-electron chi connectivity index (χ1n) is 9.81. The molecule has 8 nitrogen and oxygen atoms in total. The molecular formula is C19H24N4O4S. The maximum atomic E-state index is 12.6. The Morgan fingerprint density at radius 3 is 2.68 bits per heavy atom. The van der Waals surface area contributed by atoms with Crippen LogP contribution in [0.5, 0.6) is 0 Å². The molecule has 3 fully saturated rings. The number of nitrogens with zero attached hydrogens (tertiary/aromatic N) is 1. The van der Waals surface area contributed by atoms with Crippen molar-refractivity contribution < 1.29 is 19.2 Å². The van der Waals surface area contributed by atoms with Crippen molar-refractivity contribution in [2.45, 2.75) is 50.5 Å². The number of rotatable bonds is 7. The van der Waals surface area contributed by atoms with Crippen LogP contribution in [0.4, 0.5) is 9.80 Å². The Morgan fingerprint density at radius 1 is 1.21 bits per heavy atom. The number of carbonyl (C=O) groups excluding carboxylic acids is 4. The van der Waals surface area contributed by atoms with Crippen LogP contribution >= 0.6 is 11.3 Å². The predicted molar refractivity (Wildman–Crippen MR) is 104 cm³/mol. The molecule has 5 amide bonds. The molecule has 1 aliphatic heterocycles. The molecule has 0 bridgehead atoms. The highest BCUT2D eigenvalue weighted by Crippen LogP contribution is 2.35. The number of hydrogen-bond acceptors (Lipinski definition) is 5. The van der Waals surface area contributed by atoms with Gasteiger partial charge in [0.1, 0.15) is 5.54 Å². The van der Waals surface area contributed by atoms with Crippen LogP contribution in [-0.4, -0.2) is 47.3 Å². The van der Waals surface area contributed by atoms with Crippen molar-refractivity contribution in [1.29, 1.82) is 0 Å². The molecule has 9 heteroatoms. The molecule has 150 valence electrons. The van der Waals surface area contributed by atoms with E-state index in [1.54, 1.807) is 12.1 Å². The summed E-state index contributed by atoms with van der Waals surface area (Å²) in [4.78, 5) is 50.5. The lowest BCUT2D eigenvalue weighted by molar-refractivity contribution is -0.131. The van der Waals surface area contributed by atoms with Crippen molar-refractivity contribution in [3.05, 3.63) is 17.0 Å². The number of imide groups is 1. The van der Waals surface area contributed by atoms with Crippen LogP contribution in [0, 0.1) is 5.92 Å². The van der Waals surface area contributed by atoms with Crippen LogP contribution in [-0.2, 0) is 9.59 Å². The van der Waals surface area contributed by atoms with Crippen molar-refractivity contribution >= 4 is 40.1 Å². The molecular weight excluding hydrogens is 380 g/mol. The quantitative estimate of drug-likeness (QED) is 0.478. The van der Waals surface area contributed by atoms with E-state index in [0.29, 0.717) is 42.2 Å². The summed E-state index contributed by atoms with van der Waals surface area (Å²) in [5.41, 5.74) is -0.682. The number of thiophene rings is 1. The number of anilines is 1. The molecule has 0 aromatic carbocycles. The predicted octanol–water partition coefficient (Wildman–Crippen LogP) is 2.08. The van der Waals surface area contributed by atoms with Gasteiger partial charge in [-0.2, -0.15) is 0 Å². The summed E-state index contributed by atoms with van der Waals surface area (Å²) in [7, 11) is 0. The Kier molecular flexibility index (Phi) is 5.09. The minimum absolute atomic E-state index is 0.0161. The second kappa shape index (κ2) is 7.54. The smallest absolute Gasteiger partial charge is 0.325 e. The largest absolute Gasteiger partial charge is 0.351 e. The van der Waals surface area contributed by atoms with E-state index in [2.05, 4.69) is 16.0 Å². The highest BCUT2D eigenvalue weighted by Gasteiger charge is 2.51. The van der Waals surface area contributed by atoms with Gasteiger partial charge in [0.15, 0.2) is 0 Å². The number of hydrogen-bond donors (Lipinski definition) is 3. The van der Waals surface area contributed by atoms with Gasteiger partial charge >= 0.3 is 6.03 Å². The molecule has 2 aliphatic carbocycles. The van der Waals surface area contributed by atoms with Crippen molar-refractivity contribution in [1.82, 2.24) is 15.5 Å². The van der Waals surface area contributed by atoms with Crippen LogP contribution < -0.4 is 16.0 Å². The second-order valence-electron chi connectivity index (χ2n) is 7.71. The fourth-order valence-electron chi connectivity index (χ4n) is 3.82. The van der Waals surface area contributed by atoms with Gasteiger partial charge in [-0.15, -0.1) is 11.3 Å². The van der Waals surface area contributed by atoms with Crippen LogP contribution in [0.3, 0.4) is 0 Å². The van der Waals surface area contributed by atoms with Gasteiger partial charge in [-0.05, 0) is 44.2 Å². The van der Waals surface area contributed by atoms with Gasteiger partial charge in [0, 0.05) is 19.0 Å². The van der Waals surface area contributed by atoms with E-state index in [0.717, 1.165) is 25.7 Å². The maximum Gasteiger partial charge on any atom is 0.325 e. The Morgan fingerprint density at radius 2 is 1.96 bits per heavy atom. The van der Waals surface area contributed by atoms with E-state index in [1.165, 1.54) is 16.2 Å². The second-order valence-corrected chi connectivity index (χ2v) is 8.80. The van der Waals surface area contributed by atoms with Crippen LogP contribution in [0.1, 0.15) is 54.6 Å². The SMILES string of the molecule is O=C(NCCCN1C(=O)NC2(CCCC2)C1=O)c1ccc(NC(=O)C2CC2)s1. The zero-order valence-electron chi connectivity index (χ0n) is 15.6. The number of urea groups is 1. The third-order valence-electron chi connectivity index (χ3n) is 5.57. The lowest BCUT2D eigenvalue weighted by atomic mass is 9.98. The maximum absolute atomic E-state index is 12.6. The summed E-state index contributed by atoms with van der Waals surface area (Å²) in [5, 5.41) is 9.15. The topological polar surface area (TPSA) is 108 Å². The van der Waals surface area contributed by atoms with E-state index < -0.39 is 5.54 Å². The van der Waals surface area contributed by atoms with E-state index in [4.69, 9.17) is 0 Å². The molecule has 1 saturated heterocycles. The number of nitrogens with one attached hydrogen (secondary N) is 3. The molecule has 4 rings (SSSR count). The summed E-state index contributed by atoms with van der Waals surface area (Å²) >= 11 is 1.24. The Bertz CT molecular complexity index is 811. The van der Waals surface area contributed by atoms with Crippen molar-refractivity contribution in [3.63, 3.8) is 0 Å². The summed E-state index contributed by atoms with van der Waals surface area (Å²) in [6, 6.07) is 3.09. The first-order chi connectivity index (χ1) is 13.5. The third kappa shape index (κ3) is 3.76. The fraction of sp³-hybridized carbons (Fsp3) is 0.579. The van der Waals surface area contributed by atoms with E-state index in [1.807, 2.05) is 0 Å². The highest BCUT2D eigenvalue weighted by molar-refractivity contribution is 7.18. The Labute approximate surface area is 167 Å². The van der Waals surface area contributed by atoms with Crippen molar-refractivity contribution in [2.24, 2.45) is 5.92 Å². The lowest BCUT2D eigenvalue weighted by Gasteiger charge is -2.20. The minimum Gasteiger partial charge on any atom is -0.351 e. The average molecular weight is 404 g/mol. The van der Waals surface area contributed by atoms with Gasteiger partial charge in [-0.25, -0.2) is 4.79 Å². The summed E-state index contributed by atoms with van der Waals surface area (Å²) in [6.07, 6.45) is 5.70. The van der Waals surface area contributed by atoms with Crippen LogP contribution in [0.25, 0.3) is 0 Å². The van der Waals surface area contributed by atoms with Crippen LogP contribution in [0.2, 0.25) is 0 Å². The highest BCUT2D eigenvalue weighted by atomic mass is 32.1. The molecule has 0 atom stereocenters. The number of amides is 5. The molecule has 3 aliphatic rings. The van der Waals surface area contributed by atoms with Gasteiger partial charge in [0.2, 0.25) is 5.91 Å². The summed E-state index contributed by atoms with van der Waals surface area (Å²) in [5.74, 6) is -0.215. The average Bonchev–Trinajstić information content (AvgIpc) is 3.16. The van der Waals surface area contributed by atoms with E-state index >= 15 is 0 Å². The van der Waals surface area contributed by atoms with Gasteiger partial charge in [-0.3, -0.25) is 19.3 Å². The zero-order valence-corrected chi connectivity index (χ0v) is 16.4. The standard InChI is InChI=1S/C19H24N4O4S/c24-15(12-4-5-12)21-14-7-6-13(28-14)16(25)20-10-3-11-23-17(26)19(22-18(23)27)8-1-2-9-19/h6-7,12H,1-5,8-11H2,(H,20,25)(H,21,24)(H,22,27). The third-order valence-corrected chi connectivity index (χ3v) is 6.57. The zero-order chi connectivity index (χ0) is 19.7. The number of carbonyl (C=O) groups is 4. The molecule has 1 spiro atoms. The first-order valence-corrected chi connectivity index (χ1v) is 10.6. The van der Waals surface area contributed by atoms with Gasteiger partial charge < -0.3 is 16.0 Å². The molecule has 3 N–H and O–H groups in total. The Balaban J connectivity index is 1.21. The van der Waals surface area contributed by atoms with Gasteiger partial charge in [0.25, 0.3) is 11.8 Å². The minimum atomic E-state index is -0.682. The van der Waals surface area contributed by atoms with E-state index in [-0.39, 0.29) is 29.7 Å². The van der Waals surface area contributed by atoms with Crippen molar-refractivity contribution in [3.8, 4) is 0 Å². The van der Waals surface area contributed by atoms with Gasteiger partial charge in [-0.1, -0.05) is 12.8 Å². The van der Waals surface area contributed by atoms with Gasteiger partial charge in [0.05, 0.1) is 9.88 Å². The molecule has 1 aromatic heterocycles. The van der Waals surface area contributed by atoms with Crippen molar-refractivity contribution in [2.75, 3.05) is 18.4 Å². The lowest BCUT2D eigenvalue weighted by Crippen LogP contribution is -2.44. The monoisotopic (exact) mass is 404 g/mol. The van der Waals surface area contributed by atoms with Crippen LogP contribution in [0.15, 0.2) is 12.1 Å². The molecule has 0 unspecified atom stereocenters. The Hall–Kier alpha value is -2.42. The summed E-state index contributed by atoms with van der Waals surface area (Å²) < 4.78 is 0. The molecule has 2 saturated carbocycles. The summed E-state index contributed by atoms with van der Waals surface area (Å²) in [6.45, 7) is 0.657. The van der Waals surface area contributed by atoms with E-state index in [9.17, 15) is 19.2 Å². The molecule has 1 aromatic rings. The molecule has 2 heterocycles. The molecule has 0 radical (unpaired) electrons. The fourth-order valence-corrected chi connectivity index (χ4v) is 4.64.